The number of carbonyl (C=O) groups is 2. The number of aliphatic hydroxyl groups excluding tert-OH is 2. The average molecular weight is 810 g/mol. The van der Waals surface area contributed by atoms with Crippen molar-refractivity contribution in [2.75, 3.05) is 6.61 Å². The lowest BCUT2D eigenvalue weighted by molar-refractivity contribution is -0.150. The molecule has 0 saturated carbocycles. The van der Waals surface area contributed by atoms with Crippen LogP contribution in [0.5, 0.6) is 0 Å². The summed E-state index contributed by atoms with van der Waals surface area (Å²) in [6.07, 6.45) is 56.9. The molecule has 0 fully saturated rings. The third-order valence-electron chi connectivity index (χ3n) is 10.5. The molecule has 58 heavy (non-hydrogen) atoms. The topological polar surface area (TPSA) is 95.9 Å². The molecule has 6 nitrogen and oxygen atoms in total. The van der Waals surface area contributed by atoms with Crippen LogP contribution in [0.15, 0.2) is 72.9 Å². The Morgan fingerprint density at radius 1 is 0.500 bits per heavy atom. The van der Waals surface area contributed by atoms with Gasteiger partial charge in [0, 0.05) is 6.42 Å². The van der Waals surface area contributed by atoms with E-state index in [2.05, 4.69) is 92.9 Å². The number of ether oxygens (including phenoxy) is 1. The smallest absolute Gasteiger partial charge is 0.306 e. The standard InChI is InChI=1S/C52H91NO5/c1-4-7-10-13-16-19-21-23-24-25-26-28-29-32-34-37-40-43-48(58-52(57)45-42-39-36-33-30-27-22-20-17-14-11-8-5-2)46-51(56)53-49(47-54)50(55)44-41-38-35-31-18-15-12-9-6-3/h16,19,23-24,26-28,30,32,34,36,39,48-50,54-55H,4-15,17-18,20-22,25,29,31,33,35,37-38,40-47H2,1-3H3,(H,53,56)/b19-16-,24-23-,28-26-,30-27-,34-32-,39-36+. The van der Waals surface area contributed by atoms with Crippen LogP contribution in [0.3, 0.4) is 0 Å². The SMILES string of the molecule is CCCCC/C=C\C/C=C\C/C=C\C/C=C\CCCC(CC(=O)NC(CO)C(O)CCCCCCCCCCC)OC(=O)CC/C=C/C/C=C\CCCCCCCC. The van der Waals surface area contributed by atoms with E-state index in [1.807, 2.05) is 6.08 Å². The number of unbranched alkanes of at least 4 members (excludes halogenated alkanes) is 18. The summed E-state index contributed by atoms with van der Waals surface area (Å²) in [5.41, 5.74) is 0. The van der Waals surface area contributed by atoms with Crippen LogP contribution in [0, 0.1) is 0 Å². The first-order valence-corrected chi connectivity index (χ1v) is 24.2. The van der Waals surface area contributed by atoms with Gasteiger partial charge in [-0.1, -0.05) is 196 Å². The van der Waals surface area contributed by atoms with Gasteiger partial charge in [-0.3, -0.25) is 9.59 Å². The Labute approximate surface area is 358 Å². The van der Waals surface area contributed by atoms with Gasteiger partial charge < -0.3 is 20.3 Å². The Morgan fingerprint density at radius 3 is 1.40 bits per heavy atom. The van der Waals surface area contributed by atoms with Crippen molar-refractivity contribution in [2.24, 2.45) is 0 Å². The van der Waals surface area contributed by atoms with Crippen LogP contribution in [0.4, 0.5) is 0 Å². The van der Waals surface area contributed by atoms with Crippen molar-refractivity contribution in [3.8, 4) is 0 Å². The molecule has 6 heteroatoms. The number of allylic oxidation sites excluding steroid dienone is 12. The number of carbonyl (C=O) groups excluding carboxylic acids is 2. The number of aliphatic hydroxyl groups is 2. The summed E-state index contributed by atoms with van der Waals surface area (Å²) in [5.74, 6) is -0.615. The molecule has 3 N–H and O–H groups in total. The molecule has 3 unspecified atom stereocenters. The van der Waals surface area contributed by atoms with Gasteiger partial charge in [-0.25, -0.2) is 0 Å². The maximum Gasteiger partial charge on any atom is 0.306 e. The highest BCUT2D eigenvalue weighted by Gasteiger charge is 2.23. The van der Waals surface area contributed by atoms with E-state index in [0.29, 0.717) is 19.3 Å². The van der Waals surface area contributed by atoms with E-state index in [1.165, 1.54) is 103 Å². The number of hydrogen-bond acceptors (Lipinski definition) is 5. The van der Waals surface area contributed by atoms with Gasteiger partial charge >= 0.3 is 5.97 Å². The third kappa shape index (κ3) is 40.1. The second-order valence-corrected chi connectivity index (χ2v) is 16.2. The summed E-state index contributed by atoms with van der Waals surface area (Å²) >= 11 is 0. The van der Waals surface area contributed by atoms with Gasteiger partial charge in [0.15, 0.2) is 0 Å². The van der Waals surface area contributed by atoms with E-state index in [9.17, 15) is 19.8 Å². The summed E-state index contributed by atoms with van der Waals surface area (Å²) in [5, 5.41) is 23.6. The highest BCUT2D eigenvalue weighted by Crippen LogP contribution is 2.15. The minimum absolute atomic E-state index is 0.0147. The van der Waals surface area contributed by atoms with Gasteiger partial charge in [0.2, 0.25) is 5.91 Å². The Balaban J connectivity index is 4.80. The normalized spacial score (nSPS) is 13.9. The Hall–Kier alpha value is -2.70. The summed E-state index contributed by atoms with van der Waals surface area (Å²) in [4.78, 5) is 26.0. The predicted molar refractivity (Wildman–Crippen MR) is 250 cm³/mol. The van der Waals surface area contributed by atoms with Crippen molar-refractivity contribution < 1.29 is 24.5 Å². The second-order valence-electron chi connectivity index (χ2n) is 16.2. The minimum atomic E-state index is -0.811. The van der Waals surface area contributed by atoms with Gasteiger partial charge in [-0.05, 0) is 83.5 Å². The number of hydrogen-bond donors (Lipinski definition) is 3. The molecule has 0 saturated heterocycles. The van der Waals surface area contributed by atoms with Crippen LogP contribution in [-0.4, -0.2) is 46.9 Å². The van der Waals surface area contributed by atoms with Crippen molar-refractivity contribution in [3.63, 3.8) is 0 Å². The van der Waals surface area contributed by atoms with Crippen LogP contribution in [0.1, 0.15) is 220 Å². The van der Waals surface area contributed by atoms with Gasteiger partial charge in [0.25, 0.3) is 0 Å². The zero-order valence-corrected chi connectivity index (χ0v) is 37.9. The lowest BCUT2D eigenvalue weighted by Crippen LogP contribution is -2.46. The first-order chi connectivity index (χ1) is 28.5. The molecule has 0 bridgehead atoms. The van der Waals surface area contributed by atoms with Gasteiger partial charge in [0.05, 0.1) is 25.2 Å². The van der Waals surface area contributed by atoms with E-state index in [-0.39, 0.29) is 31.3 Å². The number of rotatable bonds is 42. The number of esters is 1. The molecule has 0 radical (unpaired) electrons. The fraction of sp³-hybridized carbons (Fsp3) is 0.731. The molecule has 0 aromatic rings. The Bertz CT molecular complexity index is 1090. The van der Waals surface area contributed by atoms with Crippen LogP contribution in [0.25, 0.3) is 0 Å². The molecular weight excluding hydrogens is 719 g/mol. The molecule has 0 aliphatic heterocycles. The van der Waals surface area contributed by atoms with Crippen LogP contribution < -0.4 is 5.32 Å². The largest absolute Gasteiger partial charge is 0.462 e. The zero-order valence-electron chi connectivity index (χ0n) is 37.9. The van der Waals surface area contributed by atoms with Gasteiger partial charge in [0.1, 0.15) is 6.10 Å². The lowest BCUT2D eigenvalue weighted by Gasteiger charge is -2.24. The zero-order chi connectivity index (χ0) is 42.4. The number of amides is 1. The second kappa shape index (κ2) is 45.4. The molecule has 1 amide bonds. The van der Waals surface area contributed by atoms with E-state index in [0.717, 1.165) is 64.2 Å². The summed E-state index contributed by atoms with van der Waals surface area (Å²) < 4.78 is 5.85. The molecule has 0 spiro atoms. The fourth-order valence-corrected chi connectivity index (χ4v) is 6.82. The van der Waals surface area contributed by atoms with Crippen molar-refractivity contribution in [2.45, 2.75) is 238 Å². The maximum absolute atomic E-state index is 13.1. The monoisotopic (exact) mass is 810 g/mol. The molecule has 0 aliphatic rings. The van der Waals surface area contributed by atoms with E-state index in [4.69, 9.17) is 4.74 Å². The van der Waals surface area contributed by atoms with Crippen molar-refractivity contribution >= 4 is 11.9 Å². The molecular formula is C52H91NO5. The van der Waals surface area contributed by atoms with E-state index in [1.54, 1.807) is 0 Å². The van der Waals surface area contributed by atoms with E-state index < -0.39 is 18.2 Å². The highest BCUT2D eigenvalue weighted by atomic mass is 16.5. The first kappa shape index (κ1) is 55.3. The highest BCUT2D eigenvalue weighted by molar-refractivity contribution is 5.77. The summed E-state index contributed by atoms with van der Waals surface area (Å²) in [7, 11) is 0. The minimum Gasteiger partial charge on any atom is -0.462 e. The molecule has 0 heterocycles. The molecule has 0 rings (SSSR count). The quantitative estimate of drug-likeness (QED) is 0.0324. The molecule has 0 aromatic carbocycles. The maximum atomic E-state index is 13.1. The molecule has 3 atom stereocenters. The average Bonchev–Trinajstić information content (AvgIpc) is 3.22. The van der Waals surface area contributed by atoms with Crippen LogP contribution in [0.2, 0.25) is 0 Å². The van der Waals surface area contributed by atoms with Crippen molar-refractivity contribution in [1.82, 2.24) is 5.32 Å². The van der Waals surface area contributed by atoms with Crippen molar-refractivity contribution in [3.05, 3.63) is 72.9 Å². The molecule has 0 aliphatic carbocycles. The van der Waals surface area contributed by atoms with Crippen LogP contribution >= 0.6 is 0 Å². The van der Waals surface area contributed by atoms with Crippen molar-refractivity contribution in [1.29, 1.82) is 0 Å². The molecule has 334 valence electrons. The molecule has 0 aromatic heterocycles. The number of nitrogens with one attached hydrogen (secondary N) is 1. The fourth-order valence-electron chi connectivity index (χ4n) is 6.82. The predicted octanol–water partition coefficient (Wildman–Crippen LogP) is 14.2. The van der Waals surface area contributed by atoms with Gasteiger partial charge in [-0.2, -0.15) is 0 Å². The van der Waals surface area contributed by atoms with E-state index >= 15 is 0 Å². The Morgan fingerprint density at radius 2 is 0.897 bits per heavy atom. The Kier molecular flexibility index (Phi) is 43.3. The lowest BCUT2D eigenvalue weighted by atomic mass is 10.0. The summed E-state index contributed by atoms with van der Waals surface area (Å²) in [6, 6.07) is -0.730. The van der Waals surface area contributed by atoms with Crippen LogP contribution in [-0.2, 0) is 14.3 Å². The van der Waals surface area contributed by atoms with Gasteiger partial charge in [-0.15, -0.1) is 0 Å². The summed E-state index contributed by atoms with van der Waals surface area (Å²) in [6.45, 7) is 6.38. The third-order valence-corrected chi connectivity index (χ3v) is 10.5. The first-order valence-electron chi connectivity index (χ1n) is 24.2.